The van der Waals surface area contributed by atoms with Gasteiger partial charge in [-0.3, -0.25) is 0 Å². The second-order valence-corrected chi connectivity index (χ2v) is 8.04. The van der Waals surface area contributed by atoms with Gasteiger partial charge in [0.25, 0.3) is 0 Å². The van der Waals surface area contributed by atoms with E-state index in [9.17, 15) is 5.26 Å². The van der Waals surface area contributed by atoms with Gasteiger partial charge in [-0.05, 0) is 48.0 Å². The number of hydrogen-bond donors (Lipinski definition) is 1. The van der Waals surface area contributed by atoms with Gasteiger partial charge in [0.2, 0.25) is 0 Å². The third-order valence-corrected chi connectivity index (χ3v) is 6.03. The van der Waals surface area contributed by atoms with Gasteiger partial charge >= 0.3 is 0 Å². The summed E-state index contributed by atoms with van der Waals surface area (Å²) in [5, 5.41) is 9.68. The highest BCUT2D eigenvalue weighted by atomic mass is 16.5. The van der Waals surface area contributed by atoms with Crippen molar-refractivity contribution in [3.05, 3.63) is 84.2 Å². The number of fused-ring (bicyclic) bond motifs is 1. The first-order chi connectivity index (χ1) is 16.2. The molecule has 6 heteroatoms. The minimum Gasteiger partial charge on any atom is -0.497 e. The highest BCUT2D eigenvalue weighted by Crippen LogP contribution is 2.25. The van der Waals surface area contributed by atoms with Crippen LogP contribution in [0.5, 0.6) is 5.75 Å². The fourth-order valence-corrected chi connectivity index (χ4v) is 4.21. The van der Waals surface area contributed by atoms with Crippen LogP contribution in [0, 0.1) is 11.3 Å². The molecule has 0 radical (unpaired) electrons. The molecule has 1 saturated heterocycles. The minimum absolute atomic E-state index is 0.519. The molecule has 4 aromatic rings. The molecule has 0 bridgehead atoms. The predicted molar refractivity (Wildman–Crippen MR) is 133 cm³/mol. The van der Waals surface area contributed by atoms with Gasteiger partial charge in [0, 0.05) is 43.6 Å². The number of nitriles is 1. The van der Waals surface area contributed by atoms with E-state index in [0.717, 1.165) is 48.5 Å². The molecule has 1 aliphatic heterocycles. The number of aromatic nitrogens is 2. The van der Waals surface area contributed by atoms with Gasteiger partial charge in [-0.1, -0.05) is 30.3 Å². The zero-order valence-electron chi connectivity index (χ0n) is 18.5. The van der Waals surface area contributed by atoms with Gasteiger partial charge in [-0.25, -0.2) is 4.98 Å². The molecule has 0 saturated carbocycles. The lowest BCUT2D eigenvalue weighted by molar-refractivity contribution is 0.414. The van der Waals surface area contributed by atoms with Crippen molar-refractivity contribution >= 4 is 34.1 Å². The van der Waals surface area contributed by atoms with Crippen LogP contribution in [0.4, 0.5) is 11.4 Å². The lowest BCUT2D eigenvalue weighted by Crippen LogP contribution is -2.46. The second-order valence-electron chi connectivity index (χ2n) is 8.04. The Kier molecular flexibility index (Phi) is 5.69. The number of nitrogens with zero attached hydrogens (tertiary/aromatic N) is 4. The molecule has 33 heavy (non-hydrogen) atoms. The van der Waals surface area contributed by atoms with Gasteiger partial charge in [-0.15, -0.1) is 0 Å². The highest BCUT2D eigenvalue weighted by Gasteiger charge is 2.18. The number of anilines is 2. The summed E-state index contributed by atoms with van der Waals surface area (Å²) >= 11 is 0. The third kappa shape index (κ3) is 4.39. The zero-order chi connectivity index (χ0) is 22.6. The number of H-pyrrole nitrogens is 1. The number of ether oxygens (including phenoxy) is 1. The molecule has 0 aliphatic carbocycles. The topological polar surface area (TPSA) is 68.2 Å². The summed E-state index contributed by atoms with van der Waals surface area (Å²) in [7, 11) is 1.70. The maximum Gasteiger partial charge on any atom is 0.149 e. The molecule has 1 fully saturated rings. The van der Waals surface area contributed by atoms with E-state index in [1.807, 2.05) is 42.5 Å². The Morgan fingerprint density at radius 2 is 1.67 bits per heavy atom. The van der Waals surface area contributed by atoms with E-state index in [1.54, 1.807) is 7.11 Å². The lowest BCUT2D eigenvalue weighted by atomic mass is 10.1. The molecule has 3 aromatic carbocycles. The van der Waals surface area contributed by atoms with Crippen molar-refractivity contribution in [1.29, 1.82) is 5.26 Å². The van der Waals surface area contributed by atoms with Gasteiger partial charge < -0.3 is 19.5 Å². The van der Waals surface area contributed by atoms with Crippen LogP contribution in [-0.2, 0) is 0 Å². The smallest absolute Gasteiger partial charge is 0.149 e. The van der Waals surface area contributed by atoms with Crippen LogP contribution in [0.25, 0.3) is 22.7 Å². The Balaban J connectivity index is 1.27. The van der Waals surface area contributed by atoms with Crippen LogP contribution >= 0.6 is 0 Å². The summed E-state index contributed by atoms with van der Waals surface area (Å²) in [5.74, 6) is 1.48. The van der Waals surface area contributed by atoms with Crippen molar-refractivity contribution in [2.24, 2.45) is 0 Å². The molecule has 5 rings (SSSR count). The first-order valence-electron chi connectivity index (χ1n) is 11.0. The number of imidazole rings is 1. The quantitative estimate of drug-likeness (QED) is 0.449. The zero-order valence-corrected chi connectivity index (χ0v) is 18.5. The molecule has 1 N–H and O–H groups in total. The summed E-state index contributed by atoms with van der Waals surface area (Å²) in [4.78, 5) is 12.6. The predicted octanol–water partition coefficient (Wildman–Crippen LogP) is 4.96. The average molecular weight is 436 g/mol. The first-order valence-corrected chi connectivity index (χ1v) is 11.0. The summed E-state index contributed by atoms with van der Waals surface area (Å²) in [6, 6.07) is 26.7. The number of rotatable bonds is 5. The number of para-hydroxylation sites is 2. The summed E-state index contributed by atoms with van der Waals surface area (Å²) in [6.07, 6.45) is 1.88. The van der Waals surface area contributed by atoms with Crippen molar-refractivity contribution in [1.82, 2.24) is 9.97 Å². The monoisotopic (exact) mass is 435 g/mol. The van der Waals surface area contributed by atoms with E-state index in [-0.39, 0.29) is 0 Å². The van der Waals surface area contributed by atoms with Gasteiger partial charge in [-0.2, -0.15) is 5.26 Å². The van der Waals surface area contributed by atoms with E-state index >= 15 is 0 Å². The first kappa shape index (κ1) is 20.7. The normalized spacial score (nSPS) is 14.4. The summed E-state index contributed by atoms with van der Waals surface area (Å²) in [6.45, 7) is 3.82. The maximum absolute atomic E-state index is 9.68. The van der Waals surface area contributed by atoms with Crippen molar-refractivity contribution < 1.29 is 4.74 Å². The Labute approximate surface area is 193 Å². The highest BCUT2D eigenvalue weighted by molar-refractivity contribution is 5.90. The number of nitrogens with one attached hydrogen (secondary N) is 1. The third-order valence-electron chi connectivity index (χ3n) is 6.03. The molecule has 1 aliphatic rings. The van der Waals surface area contributed by atoms with Gasteiger partial charge in [0.15, 0.2) is 0 Å². The number of methoxy groups -OCH3 is 1. The van der Waals surface area contributed by atoms with Crippen LogP contribution in [0.1, 0.15) is 11.4 Å². The Bertz CT molecular complexity index is 1290. The fourth-order valence-electron chi connectivity index (χ4n) is 4.21. The number of piperazine rings is 1. The number of aromatic amines is 1. The van der Waals surface area contributed by atoms with Crippen molar-refractivity contribution in [3.63, 3.8) is 0 Å². The van der Waals surface area contributed by atoms with E-state index in [2.05, 4.69) is 62.2 Å². The van der Waals surface area contributed by atoms with Crippen molar-refractivity contribution in [3.8, 4) is 11.8 Å². The van der Waals surface area contributed by atoms with E-state index in [4.69, 9.17) is 4.74 Å². The fraction of sp³-hybridized carbons (Fsp3) is 0.185. The van der Waals surface area contributed by atoms with E-state index < -0.39 is 0 Å². The van der Waals surface area contributed by atoms with Gasteiger partial charge in [0.05, 0.1) is 23.7 Å². The molecular formula is C27H25N5O. The molecular weight excluding hydrogens is 410 g/mol. The van der Waals surface area contributed by atoms with E-state index in [0.29, 0.717) is 11.4 Å². The Morgan fingerprint density at radius 3 is 2.36 bits per heavy atom. The van der Waals surface area contributed by atoms with Crippen molar-refractivity contribution in [2.45, 2.75) is 0 Å². The van der Waals surface area contributed by atoms with Crippen LogP contribution in [0.2, 0.25) is 0 Å². The Morgan fingerprint density at radius 1 is 0.939 bits per heavy atom. The van der Waals surface area contributed by atoms with Gasteiger partial charge in [0.1, 0.15) is 17.6 Å². The Hall–Kier alpha value is -4.24. The van der Waals surface area contributed by atoms with Crippen LogP contribution in [0.3, 0.4) is 0 Å². The standard InChI is InChI=1S/C27H25N5O/c1-33-24-6-4-5-23(18-24)32-15-13-31(14-16-32)22-11-9-20(10-12-22)17-21(19-28)27-29-25-7-2-3-8-26(25)30-27/h2-12,17-18H,13-16H2,1H3,(H,29,30)/b21-17+. The van der Waals surface area contributed by atoms with Crippen LogP contribution < -0.4 is 14.5 Å². The molecule has 0 atom stereocenters. The number of hydrogen-bond acceptors (Lipinski definition) is 5. The number of allylic oxidation sites excluding steroid dienone is 1. The lowest BCUT2D eigenvalue weighted by Gasteiger charge is -2.37. The van der Waals surface area contributed by atoms with Crippen molar-refractivity contribution in [2.75, 3.05) is 43.1 Å². The maximum atomic E-state index is 9.68. The summed E-state index contributed by atoms with van der Waals surface area (Å²) < 4.78 is 5.36. The molecule has 2 heterocycles. The van der Waals surface area contributed by atoms with Crippen LogP contribution in [-0.4, -0.2) is 43.3 Å². The molecule has 0 amide bonds. The second kappa shape index (κ2) is 9.09. The SMILES string of the molecule is COc1cccc(N2CCN(c3ccc(/C=C(\C#N)c4nc5ccccc5[nH]4)cc3)CC2)c1. The van der Waals surface area contributed by atoms with Crippen LogP contribution in [0.15, 0.2) is 72.8 Å². The summed E-state index contributed by atoms with van der Waals surface area (Å²) in [5.41, 5.74) is 5.68. The number of benzene rings is 3. The molecule has 6 nitrogen and oxygen atoms in total. The largest absolute Gasteiger partial charge is 0.497 e. The molecule has 1 aromatic heterocycles. The minimum atomic E-state index is 0.519. The molecule has 0 spiro atoms. The average Bonchev–Trinajstić information content (AvgIpc) is 3.32. The molecule has 0 unspecified atom stereocenters. The van der Waals surface area contributed by atoms with E-state index in [1.165, 1.54) is 11.4 Å². The molecule has 164 valence electrons.